The van der Waals surface area contributed by atoms with E-state index in [9.17, 15) is 9.90 Å². The zero-order valence-corrected chi connectivity index (χ0v) is 11.4. The molecule has 0 unspecified atom stereocenters. The summed E-state index contributed by atoms with van der Waals surface area (Å²) in [6, 6.07) is 13.7. The SMILES string of the molecule is [N-]=[N+]=NCc1ccccc1-c1c(O)c2ccccc2oc1=O. The molecule has 2 aromatic carbocycles. The highest BCUT2D eigenvalue weighted by atomic mass is 16.4. The third-order valence-corrected chi connectivity index (χ3v) is 3.38. The number of azide groups is 1. The zero-order valence-electron chi connectivity index (χ0n) is 11.4. The van der Waals surface area contributed by atoms with Crippen LogP contribution in [0.15, 0.2) is 62.9 Å². The third kappa shape index (κ3) is 2.28. The Hall–Kier alpha value is -3.24. The lowest BCUT2D eigenvalue weighted by Gasteiger charge is -2.09. The molecule has 3 aromatic rings. The molecule has 0 bridgehead atoms. The van der Waals surface area contributed by atoms with Gasteiger partial charge < -0.3 is 9.52 Å². The normalized spacial score (nSPS) is 10.4. The largest absolute Gasteiger partial charge is 0.506 e. The van der Waals surface area contributed by atoms with Gasteiger partial charge >= 0.3 is 5.63 Å². The molecule has 0 fully saturated rings. The second-order valence-corrected chi connectivity index (χ2v) is 4.66. The summed E-state index contributed by atoms with van der Waals surface area (Å²) in [5.74, 6) is -0.139. The molecule has 6 heteroatoms. The predicted molar refractivity (Wildman–Crippen MR) is 82.4 cm³/mol. The Morgan fingerprint density at radius 3 is 2.68 bits per heavy atom. The van der Waals surface area contributed by atoms with Gasteiger partial charge in [-0.3, -0.25) is 0 Å². The van der Waals surface area contributed by atoms with Crippen molar-refractivity contribution in [1.29, 1.82) is 0 Å². The van der Waals surface area contributed by atoms with Crippen LogP contribution in [0.25, 0.3) is 32.5 Å². The van der Waals surface area contributed by atoms with Crippen molar-refractivity contribution in [3.63, 3.8) is 0 Å². The first-order valence-corrected chi connectivity index (χ1v) is 6.56. The Kier molecular flexibility index (Phi) is 3.52. The quantitative estimate of drug-likeness (QED) is 0.342. The molecule has 3 rings (SSSR count). The molecule has 0 radical (unpaired) electrons. The molecule has 22 heavy (non-hydrogen) atoms. The summed E-state index contributed by atoms with van der Waals surface area (Å²) in [4.78, 5) is 15.0. The van der Waals surface area contributed by atoms with Gasteiger partial charge in [-0.05, 0) is 28.8 Å². The minimum Gasteiger partial charge on any atom is -0.506 e. The molecular formula is C16H11N3O3. The second-order valence-electron chi connectivity index (χ2n) is 4.66. The number of rotatable bonds is 3. The lowest BCUT2D eigenvalue weighted by Crippen LogP contribution is -2.05. The van der Waals surface area contributed by atoms with Crippen LogP contribution in [0.3, 0.4) is 0 Å². The minimum atomic E-state index is -0.635. The lowest BCUT2D eigenvalue weighted by atomic mass is 9.99. The highest BCUT2D eigenvalue weighted by Gasteiger charge is 2.17. The molecule has 1 N–H and O–H groups in total. The summed E-state index contributed by atoms with van der Waals surface area (Å²) in [6.07, 6.45) is 0. The van der Waals surface area contributed by atoms with Crippen molar-refractivity contribution in [2.75, 3.05) is 0 Å². The molecule has 6 nitrogen and oxygen atoms in total. The maximum absolute atomic E-state index is 12.3. The summed E-state index contributed by atoms with van der Waals surface area (Å²) < 4.78 is 5.27. The molecule has 0 aliphatic rings. The first-order chi connectivity index (χ1) is 10.7. The number of para-hydroxylation sites is 1. The van der Waals surface area contributed by atoms with E-state index in [1.54, 1.807) is 48.5 Å². The number of fused-ring (bicyclic) bond motifs is 1. The fourth-order valence-corrected chi connectivity index (χ4v) is 2.38. The summed E-state index contributed by atoms with van der Waals surface area (Å²) in [7, 11) is 0. The summed E-state index contributed by atoms with van der Waals surface area (Å²) in [5, 5.41) is 14.4. The number of aromatic hydroxyl groups is 1. The number of nitrogens with zero attached hydrogens (tertiary/aromatic N) is 3. The monoisotopic (exact) mass is 293 g/mol. The minimum absolute atomic E-state index is 0.0717. The van der Waals surface area contributed by atoms with Crippen molar-refractivity contribution in [3.8, 4) is 16.9 Å². The van der Waals surface area contributed by atoms with E-state index < -0.39 is 5.63 Å². The average Bonchev–Trinajstić information content (AvgIpc) is 2.54. The molecule has 0 amide bonds. The number of benzene rings is 2. The van der Waals surface area contributed by atoms with Crippen molar-refractivity contribution in [2.24, 2.45) is 5.11 Å². The molecule has 0 atom stereocenters. The highest BCUT2D eigenvalue weighted by molar-refractivity contribution is 5.90. The molecule has 0 aliphatic heterocycles. The van der Waals surface area contributed by atoms with E-state index in [-0.39, 0.29) is 17.9 Å². The van der Waals surface area contributed by atoms with E-state index in [1.165, 1.54) is 0 Å². The highest BCUT2D eigenvalue weighted by Crippen LogP contribution is 2.34. The van der Waals surface area contributed by atoms with Gasteiger partial charge in [-0.25, -0.2) is 4.79 Å². The van der Waals surface area contributed by atoms with E-state index in [4.69, 9.17) is 9.95 Å². The zero-order chi connectivity index (χ0) is 15.5. The molecule has 108 valence electrons. The van der Waals surface area contributed by atoms with E-state index >= 15 is 0 Å². The maximum Gasteiger partial charge on any atom is 0.347 e. The lowest BCUT2D eigenvalue weighted by molar-refractivity contribution is 0.471. The Bertz CT molecular complexity index is 956. The van der Waals surface area contributed by atoms with Gasteiger partial charge in [-0.15, -0.1) is 0 Å². The van der Waals surface area contributed by atoms with Crippen LogP contribution in [0, 0.1) is 0 Å². The van der Waals surface area contributed by atoms with Gasteiger partial charge in [-0.1, -0.05) is 41.5 Å². The van der Waals surface area contributed by atoms with Crippen molar-refractivity contribution < 1.29 is 9.52 Å². The van der Waals surface area contributed by atoms with Gasteiger partial charge in [-0.2, -0.15) is 0 Å². The molecule has 0 saturated carbocycles. The molecule has 0 spiro atoms. The van der Waals surface area contributed by atoms with E-state index in [2.05, 4.69) is 10.0 Å². The van der Waals surface area contributed by atoms with Crippen LogP contribution in [0.2, 0.25) is 0 Å². The van der Waals surface area contributed by atoms with Gasteiger partial charge in [0.25, 0.3) is 0 Å². The first kappa shape index (κ1) is 13.7. The Balaban J connectivity index is 2.31. The Morgan fingerprint density at radius 1 is 1.14 bits per heavy atom. The van der Waals surface area contributed by atoms with Crippen molar-refractivity contribution in [2.45, 2.75) is 6.54 Å². The Labute approximate surface area is 124 Å². The smallest absolute Gasteiger partial charge is 0.347 e. The topological polar surface area (TPSA) is 99.2 Å². The third-order valence-electron chi connectivity index (χ3n) is 3.38. The number of hydrogen-bond donors (Lipinski definition) is 1. The van der Waals surface area contributed by atoms with Gasteiger partial charge in [0.15, 0.2) is 0 Å². The van der Waals surface area contributed by atoms with Crippen molar-refractivity contribution >= 4 is 11.0 Å². The van der Waals surface area contributed by atoms with Crippen LogP contribution in [0.1, 0.15) is 5.56 Å². The van der Waals surface area contributed by atoms with Crippen LogP contribution < -0.4 is 5.63 Å². The summed E-state index contributed by atoms with van der Waals surface area (Å²) in [5.41, 5.74) is 9.36. The number of hydrogen-bond acceptors (Lipinski definition) is 4. The molecular weight excluding hydrogens is 282 g/mol. The van der Waals surface area contributed by atoms with Crippen molar-refractivity contribution in [1.82, 2.24) is 0 Å². The average molecular weight is 293 g/mol. The molecule has 1 heterocycles. The molecule has 0 aliphatic carbocycles. The van der Waals surface area contributed by atoms with Crippen LogP contribution >= 0.6 is 0 Å². The summed E-state index contributed by atoms with van der Waals surface area (Å²) >= 11 is 0. The van der Waals surface area contributed by atoms with Gasteiger partial charge in [0, 0.05) is 4.91 Å². The fraction of sp³-hybridized carbons (Fsp3) is 0.0625. The molecule has 0 saturated heterocycles. The standard InChI is InChI=1S/C16H11N3O3/c17-19-18-9-10-5-1-2-6-11(10)14-15(20)12-7-3-4-8-13(12)22-16(14)21/h1-8,20H,9H2. The summed E-state index contributed by atoms with van der Waals surface area (Å²) in [6.45, 7) is 0.0817. The first-order valence-electron chi connectivity index (χ1n) is 6.56. The van der Waals surface area contributed by atoms with Gasteiger partial charge in [0.05, 0.1) is 11.9 Å². The van der Waals surface area contributed by atoms with Crippen LogP contribution in [-0.2, 0) is 6.54 Å². The van der Waals surface area contributed by atoms with Gasteiger partial charge in [0.1, 0.15) is 16.9 Å². The maximum atomic E-state index is 12.3. The predicted octanol–water partition coefficient (Wildman–Crippen LogP) is 3.98. The van der Waals surface area contributed by atoms with Crippen LogP contribution in [-0.4, -0.2) is 5.11 Å². The van der Waals surface area contributed by atoms with E-state index in [1.807, 2.05) is 0 Å². The van der Waals surface area contributed by atoms with Gasteiger partial charge in [0.2, 0.25) is 0 Å². The van der Waals surface area contributed by atoms with Crippen LogP contribution in [0.5, 0.6) is 5.75 Å². The van der Waals surface area contributed by atoms with Crippen LogP contribution in [0.4, 0.5) is 0 Å². The Morgan fingerprint density at radius 2 is 1.86 bits per heavy atom. The second kappa shape index (κ2) is 5.63. The fourth-order valence-electron chi connectivity index (χ4n) is 2.38. The van der Waals surface area contributed by atoms with Crippen molar-refractivity contribution in [3.05, 3.63) is 75.0 Å². The van der Waals surface area contributed by atoms with E-state index in [0.29, 0.717) is 22.1 Å². The van der Waals surface area contributed by atoms with E-state index in [0.717, 1.165) is 0 Å². The molecule has 1 aromatic heterocycles.